The van der Waals surface area contributed by atoms with Gasteiger partial charge in [0.05, 0.1) is 19.9 Å². The smallest absolute Gasteiger partial charge is 0.229 e. The molecule has 0 spiro atoms. The first-order valence-electron chi connectivity index (χ1n) is 8.80. The largest absolute Gasteiger partial charge is 0.496 e. The van der Waals surface area contributed by atoms with Crippen molar-refractivity contribution in [2.75, 3.05) is 31.4 Å². The first-order chi connectivity index (χ1) is 13.2. The van der Waals surface area contributed by atoms with Crippen LogP contribution in [0.3, 0.4) is 0 Å². The lowest BCUT2D eigenvalue weighted by molar-refractivity contribution is 0.410. The molecule has 0 fully saturated rings. The van der Waals surface area contributed by atoms with E-state index in [0.29, 0.717) is 5.95 Å². The van der Waals surface area contributed by atoms with Crippen LogP contribution in [0.5, 0.6) is 11.5 Å². The van der Waals surface area contributed by atoms with Crippen LogP contribution in [0.2, 0.25) is 0 Å². The van der Waals surface area contributed by atoms with Gasteiger partial charge in [-0.25, -0.2) is 4.98 Å². The standard InChI is InChI=1S/C21H24N4O2/c1-15-8-9-19(27-3)17(14-15)24-21-23-13-11-20(25-21)22-12-10-16-6-4-5-7-18(16)26-2/h4-9,11,13-14H,10,12H2,1-3H3,(H2,22,23,24,25). The summed E-state index contributed by atoms with van der Waals surface area (Å²) in [5.41, 5.74) is 3.12. The zero-order valence-electron chi connectivity index (χ0n) is 15.8. The quantitative estimate of drug-likeness (QED) is 0.624. The van der Waals surface area contributed by atoms with E-state index in [9.17, 15) is 0 Å². The minimum absolute atomic E-state index is 0.515. The summed E-state index contributed by atoms with van der Waals surface area (Å²) in [6.45, 7) is 2.77. The molecule has 0 saturated carbocycles. The fourth-order valence-corrected chi connectivity index (χ4v) is 2.79. The van der Waals surface area contributed by atoms with Crippen molar-refractivity contribution in [3.8, 4) is 11.5 Å². The van der Waals surface area contributed by atoms with Crippen molar-refractivity contribution < 1.29 is 9.47 Å². The number of hydrogen-bond donors (Lipinski definition) is 2. The Bertz CT molecular complexity index is 899. The Hall–Kier alpha value is -3.28. The lowest BCUT2D eigenvalue weighted by Crippen LogP contribution is -2.08. The van der Waals surface area contributed by atoms with Crippen LogP contribution >= 0.6 is 0 Å². The summed E-state index contributed by atoms with van der Waals surface area (Å²) in [6, 6.07) is 15.8. The van der Waals surface area contributed by atoms with E-state index in [2.05, 4.69) is 26.7 Å². The second-order valence-corrected chi connectivity index (χ2v) is 6.08. The Balaban J connectivity index is 1.65. The maximum absolute atomic E-state index is 5.39. The Morgan fingerprint density at radius 3 is 2.59 bits per heavy atom. The molecule has 6 heteroatoms. The van der Waals surface area contributed by atoms with Crippen molar-refractivity contribution >= 4 is 17.5 Å². The predicted octanol–water partition coefficient (Wildman–Crippen LogP) is 4.20. The normalized spacial score (nSPS) is 10.3. The molecule has 2 aromatic carbocycles. The molecule has 0 saturated heterocycles. The predicted molar refractivity (Wildman–Crippen MR) is 108 cm³/mol. The highest BCUT2D eigenvalue weighted by atomic mass is 16.5. The van der Waals surface area contributed by atoms with E-state index in [1.165, 1.54) is 0 Å². The van der Waals surface area contributed by atoms with Gasteiger partial charge in [0.25, 0.3) is 0 Å². The van der Waals surface area contributed by atoms with Gasteiger partial charge >= 0.3 is 0 Å². The summed E-state index contributed by atoms with van der Waals surface area (Å²) in [5, 5.41) is 6.56. The molecule has 0 radical (unpaired) electrons. The number of rotatable bonds is 8. The van der Waals surface area contributed by atoms with E-state index in [0.717, 1.165) is 47.1 Å². The summed E-state index contributed by atoms with van der Waals surface area (Å²) in [6.07, 6.45) is 2.56. The first-order valence-corrected chi connectivity index (χ1v) is 8.80. The molecular formula is C21H24N4O2. The number of aromatic nitrogens is 2. The molecule has 140 valence electrons. The highest BCUT2D eigenvalue weighted by molar-refractivity contribution is 5.64. The Kier molecular flexibility index (Phi) is 6.10. The molecule has 0 unspecified atom stereocenters. The van der Waals surface area contributed by atoms with Gasteiger partial charge in [0.1, 0.15) is 17.3 Å². The monoisotopic (exact) mass is 364 g/mol. The van der Waals surface area contributed by atoms with Crippen molar-refractivity contribution in [3.63, 3.8) is 0 Å². The van der Waals surface area contributed by atoms with E-state index >= 15 is 0 Å². The Labute approximate surface area is 159 Å². The third-order valence-electron chi connectivity index (χ3n) is 4.15. The molecule has 2 N–H and O–H groups in total. The van der Waals surface area contributed by atoms with Gasteiger partial charge in [-0.2, -0.15) is 4.98 Å². The Morgan fingerprint density at radius 2 is 1.78 bits per heavy atom. The second-order valence-electron chi connectivity index (χ2n) is 6.08. The van der Waals surface area contributed by atoms with Crippen LogP contribution in [0.15, 0.2) is 54.7 Å². The SMILES string of the molecule is COc1ccccc1CCNc1ccnc(Nc2cc(C)ccc2OC)n1. The number of aryl methyl sites for hydroxylation is 1. The fourth-order valence-electron chi connectivity index (χ4n) is 2.79. The lowest BCUT2D eigenvalue weighted by Gasteiger charge is -2.12. The van der Waals surface area contributed by atoms with Crippen LogP contribution in [-0.2, 0) is 6.42 Å². The van der Waals surface area contributed by atoms with Gasteiger partial charge in [-0.05, 0) is 48.7 Å². The van der Waals surface area contributed by atoms with E-state index in [4.69, 9.17) is 9.47 Å². The van der Waals surface area contributed by atoms with Crippen LogP contribution < -0.4 is 20.1 Å². The number of hydrogen-bond acceptors (Lipinski definition) is 6. The van der Waals surface area contributed by atoms with Gasteiger partial charge in [-0.1, -0.05) is 24.3 Å². The van der Waals surface area contributed by atoms with Crippen LogP contribution in [0, 0.1) is 6.92 Å². The van der Waals surface area contributed by atoms with Gasteiger partial charge in [0.2, 0.25) is 5.95 Å². The number of ether oxygens (including phenoxy) is 2. The summed E-state index contributed by atoms with van der Waals surface area (Å²) in [5.74, 6) is 2.92. The van der Waals surface area contributed by atoms with Gasteiger partial charge in [0, 0.05) is 12.7 Å². The molecule has 1 aromatic heterocycles. The molecular weight excluding hydrogens is 340 g/mol. The van der Waals surface area contributed by atoms with E-state index in [1.807, 2.05) is 49.4 Å². The van der Waals surface area contributed by atoms with Gasteiger partial charge in [-0.3, -0.25) is 0 Å². The molecule has 27 heavy (non-hydrogen) atoms. The minimum atomic E-state index is 0.515. The number of methoxy groups -OCH3 is 2. The summed E-state index contributed by atoms with van der Waals surface area (Å²) < 4.78 is 10.8. The fraction of sp³-hybridized carbons (Fsp3) is 0.238. The maximum Gasteiger partial charge on any atom is 0.229 e. The molecule has 0 atom stereocenters. The average molecular weight is 364 g/mol. The van der Waals surface area contributed by atoms with Crippen molar-refractivity contribution in [1.29, 1.82) is 0 Å². The first kappa shape index (κ1) is 18.5. The van der Waals surface area contributed by atoms with E-state index in [-0.39, 0.29) is 0 Å². The van der Waals surface area contributed by atoms with E-state index < -0.39 is 0 Å². The number of nitrogens with one attached hydrogen (secondary N) is 2. The average Bonchev–Trinajstić information content (AvgIpc) is 2.69. The lowest BCUT2D eigenvalue weighted by atomic mass is 10.1. The molecule has 0 bridgehead atoms. The molecule has 0 aliphatic carbocycles. The zero-order chi connectivity index (χ0) is 19.1. The van der Waals surface area contributed by atoms with E-state index in [1.54, 1.807) is 20.4 Å². The highest BCUT2D eigenvalue weighted by Crippen LogP contribution is 2.27. The Morgan fingerprint density at radius 1 is 0.963 bits per heavy atom. The van der Waals surface area contributed by atoms with Crippen molar-refractivity contribution in [2.45, 2.75) is 13.3 Å². The summed E-state index contributed by atoms with van der Waals surface area (Å²) in [7, 11) is 3.33. The summed E-state index contributed by atoms with van der Waals surface area (Å²) in [4.78, 5) is 8.82. The third-order valence-corrected chi connectivity index (χ3v) is 4.15. The van der Waals surface area contributed by atoms with Gasteiger partial charge < -0.3 is 20.1 Å². The highest BCUT2D eigenvalue weighted by Gasteiger charge is 2.07. The molecule has 3 rings (SSSR count). The number of nitrogens with zero attached hydrogens (tertiary/aromatic N) is 2. The zero-order valence-corrected chi connectivity index (χ0v) is 15.8. The molecule has 6 nitrogen and oxygen atoms in total. The second kappa shape index (κ2) is 8.89. The topological polar surface area (TPSA) is 68.3 Å². The molecule has 1 heterocycles. The van der Waals surface area contributed by atoms with Crippen molar-refractivity contribution in [2.24, 2.45) is 0 Å². The number of para-hydroxylation sites is 1. The summed E-state index contributed by atoms with van der Waals surface area (Å²) >= 11 is 0. The van der Waals surface area contributed by atoms with Gasteiger partial charge in [0.15, 0.2) is 0 Å². The van der Waals surface area contributed by atoms with Crippen LogP contribution in [0.25, 0.3) is 0 Å². The van der Waals surface area contributed by atoms with Crippen LogP contribution in [0.4, 0.5) is 17.5 Å². The van der Waals surface area contributed by atoms with Gasteiger partial charge in [-0.15, -0.1) is 0 Å². The van der Waals surface area contributed by atoms with Crippen molar-refractivity contribution in [1.82, 2.24) is 9.97 Å². The number of anilines is 3. The maximum atomic E-state index is 5.39. The minimum Gasteiger partial charge on any atom is -0.496 e. The molecule has 0 amide bonds. The number of benzene rings is 2. The third kappa shape index (κ3) is 4.88. The van der Waals surface area contributed by atoms with Crippen LogP contribution in [-0.4, -0.2) is 30.7 Å². The van der Waals surface area contributed by atoms with Crippen LogP contribution in [0.1, 0.15) is 11.1 Å². The molecule has 3 aromatic rings. The molecule has 0 aliphatic heterocycles. The molecule has 0 aliphatic rings. The van der Waals surface area contributed by atoms with Crippen molar-refractivity contribution in [3.05, 3.63) is 65.9 Å².